The van der Waals surface area contributed by atoms with E-state index < -0.39 is 0 Å². The number of tetrazole rings is 1. The van der Waals surface area contributed by atoms with Gasteiger partial charge in [-0.2, -0.15) is 5.10 Å². The Morgan fingerprint density at radius 3 is 2.96 bits per heavy atom. The summed E-state index contributed by atoms with van der Waals surface area (Å²) in [5.74, 6) is 0.960. The molecular weight excluding hydrogens is 314 g/mol. The zero-order valence-electron chi connectivity index (χ0n) is 13.3. The van der Waals surface area contributed by atoms with Crippen LogP contribution in [0.1, 0.15) is 51.6 Å². The van der Waals surface area contributed by atoms with E-state index in [-0.39, 0.29) is 17.7 Å². The molecule has 1 saturated carbocycles. The Morgan fingerprint density at radius 2 is 2.22 bits per heavy atom. The molecule has 23 heavy (non-hydrogen) atoms. The molecule has 2 heterocycles. The number of hydrogen-bond donors (Lipinski definition) is 1. The summed E-state index contributed by atoms with van der Waals surface area (Å²) in [6, 6.07) is 2.42. The van der Waals surface area contributed by atoms with E-state index in [9.17, 15) is 4.79 Å². The summed E-state index contributed by atoms with van der Waals surface area (Å²) >= 11 is 1.34. The van der Waals surface area contributed by atoms with Gasteiger partial charge in [-0.1, -0.05) is 24.6 Å². The molecule has 9 heteroatoms. The summed E-state index contributed by atoms with van der Waals surface area (Å²) < 4.78 is 3.65. The number of aromatic nitrogens is 6. The van der Waals surface area contributed by atoms with E-state index in [1.165, 1.54) is 24.6 Å². The van der Waals surface area contributed by atoms with Crippen LogP contribution in [0.15, 0.2) is 17.4 Å². The molecular formula is C14H21N7OS. The van der Waals surface area contributed by atoms with Gasteiger partial charge in [0.2, 0.25) is 11.1 Å². The average Bonchev–Trinajstić information content (AvgIpc) is 3.25. The van der Waals surface area contributed by atoms with Gasteiger partial charge >= 0.3 is 0 Å². The molecule has 1 aliphatic carbocycles. The second-order valence-corrected chi connectivity index (χ2v) is 6.88. The summed E-state index contributed by atoms with van der Waals surface area (Å²) in [6.07, 6.45) is 6.45. The predicted octanol–water partition coefficient (Wildman–Crippen LogP) is 2.30. The van der Waals surface area contributed by atoms with Gasteiger partial charge in [0.1, 0.15) is 5.82 Å². The first-order valence-corrected chi connectivity index (χ1v) is 8.87. The highest BCUT2D eigenvalue weighted by molar-refractivity contribution is 7.99. The van der Waals surface area contributed by atoms with E-state index in [2.05, 4.69) is 25.9 Å². The zero-order valence-corrected chi connectivity index (χ0v) is 14.2. The molecule has 8 nitrogen and oxygen atoms in total. The molecule has 0 unspecified atom stereocenters. The van der Waals surface area contributed by atoms with Gasteiger partial charge in [0.25, 0.3) is 0 Å². The van der Waals surface area contributed by atoms with Gasteiger partial charge < -0.3 is 5.32 Å². The zero-order chi connectivity index (χ0) is 16.2. The van der Waals surface area contributed by atoms with Crippen LogP contribution in [0.5, 0.6) is 0 Å². The van der Waals surface area contributed by atoms with Gasteiger partial charge in [-0.05, 0) is 37.1 Å². The topological polar surface area (TPSA) is 90.5 Å². The highest BCUT2D eigenvalue weighted by Gasteiger charge is 2.20. The highest BCUT2D eigenvalue weighted by atomic mass is 32.2. The van der Waals surface area contributed by atoms with Crippen LogP contribution in [0, 0.1) is 0 Å². The number of rotatable bonds is 6. The summed E-state index contributed by atoms with van der Waals surface area (Å²) in [7, 11) is 0. The van der Waals surface area contributed by atoms with Crippen molar-refractivity contribution in [1.29, 1.82) is 0 Å². The van der Waals surface area contributed by atoms with Gasteiger partial charge in [-0.25, -0.2) is 9.36 Å². The molecule has 2 aromatic heterocycles. The third kappa shape index (κ3) is 3.72. The van der Waals surface area contributed by atoms with Gasteiger partial charge in [0, 0.05) is 6.07 Å². The maximum atomic E-state index is 12.2. The second kappa shape index (κ2) is 7.12. The molecule has 2 aromatic rings. The van der Waals surface area contributed by atoms with Crippen LogP contribution in [0.4, 0.5) is 5.82 Å². The van der Waals surface area contributed by atoms with Crippen molar-refractivity contribution in [2.75, 3.05) is 11.1 Å². The Balaban J connectivity index is 1.57. The maximum Gasteiger partial charge on any atom is 0.235 e. The molecule has 0 aromatic carbocycles. The molecule has 1 fully saturated rings. The van der Waals surface area contributed by atoms with Gasteiger partial charge in [0.05, 0.1) is 24.0 Å². The molecule has 1 N–H and O–H groups in total. The van der Waals surface area contributed by atoms with Crippen LogP contribution in [0.2, 0.25) is 0 Å². The summed E-state index contributed by atoms with van der Waals surface area (Å²) in [6.45, 7) is 4.00. The lowest BCUT2D eigenvalue weighted by molar-refractivity contribution is -0.113. The Morgan fingerprint density at radius 1 is 1.43 bits per heavy atom. The van der Waals surface area contributed by atoms with E-state index in [0.717, 1.165) is 18.7 Å². The number of nitrogens with zero attached hydrogens (tertiary/aromatic N) is 6. The first-order valence-electron chi connectivity index (χ1n) is 7.89. The third-order valence-corrected chi connectivity index (χ3v) is 4.83. The fourth-order valence-electron chi connectivity index (χ4n) is 2.77. The van der Waals surface area contributed by atoms with Crippen LogP contribution < -0.4 is 5.32 Å². The lowest BCUT2D eigenvalue weighted by Crippen LogP contribution is -2.19. The molecule has 0 spiro atoms. The highest BCUT2D eigenvalue weighted by Crippen LogP contribution is 2.31. The number of anilines is 1. The van der Waals surface area contributed by atoms with Gasteiger partial charge in [-0.3, -0.25) is 4.79 Å². The number of thioether (sulfide) groups is 1. The predicted molar refractivity (Wildman–Crippen MR) is 87.3 cm³/mol. The Bertz CT molecular complexity index is 660. The number of carbonyl (C=O) groups is 1. The molecule has 0 aliphatic heterocycles. The van der Waals surface area contributed by atoms with Crippen molar-refractivity contribution < 1.29 is 4.79 Å². The summed E-state index contributed by atoms with van der Waals surface area (Å²) in [5.41, 5.74) is 0. The van der Waals surface area contributed by atoms with Gasteiger partial charge in [-0.15, -0.1) is 5.10 Å². The summed E-state index contributed by atoms with van der Waals surface area (Å²) in [5, 5.41) is 19.5. The first kappa shape index (κ1) is 16.0. The number of amides is 1. The van der Waals surface area contributed by atoms with Crippen molar-refractivity contribution in [3.8, 4) is 0 Å². The van der Waals surface area contributed by atoms with E-state index in [1.807, 2.05) is 24.6 Å². The van der Waals surface area contributed by atoms with E-state index >= 15 is 0 Å². The molecule has 0 bridgehead atoms. The van der Waals surface area contributed by atoms with Crippen LogP contribution >= 0.6 is 11.8 Å². The molecule has 0 atom stereocenters. The molecule has 0 radical (unpaired) electrons. The first-order chi connectivity index (χ1) is 11.1. The van der Waals surface area contributed by atoms with Crippen molar-refractivity contribution in [3.05, 3.63) is 12.3 Å². The quantitative estimate of drug-likeness (QED) is 0.815. The van der Waals surface area contributed by atoms with Crippen molar-refractivity contribution >= 4 is 23.5 Å². The Kier molecular flexibility index (Phi) is 4.94. The average molecular weight is 335 g/mol. The van der Waals surface area contributed by atoms with Crippen molar-refractivity contribution in [1.82, 2.24) is 30.0 Å². The van der Waals surface area contributed by atoms with Gasteiger partial charge in [0.15, 0.2) is 0 Å². The van der Waals surface area contributed by atoms with Crippen molar-refractivity contribution in [2.24, 2.45) is 0 Å². The molecule has 1 aliphatic rings. The second-order valence-electron chi connectivity index (χ2n) is 5.94. The SMILES string of the molecule is CC(C)n1nnnc1SCC(=O)Nc1ccnn1C1CCCC1. The molecule has 3 rings (SSSR count). The summed E-state index contributed by atoms with van der Waals surface area (Å²) in [4.78, 5) is 12.2. The number of hydrogen-bond acceptors (Lipinski definition) is 6. The monoisotopic (exact) mass is 335 g/mol. The van der Waals surface area contributed by atoms with Crippen LogP contribution in [-0.2, 0) is 4.79 Å². The van der Waals surface area contributed by atoms with Crippen molar-refractivity contribution in [2.45, 2.75) is 56.8 Å². The molecule has 1 amide bonds. The minimum absolute atomic E-state index is 0.0759. The fraction of sp³-hybridized carbons (Fsp3) is 0.643. The normalized spacial score (nSPS) is 15.4. The van der Waals surface area contributed by atoms with Crippen LogP contribution in [0.3, 0.4) is 0 Å². The van der Waals surface area contributed by atoms with Crippen LogP contribution in [0.25, 0.3) is 0 Å². The standard InChI is InChI=1S/C14H21N7OS/c1-10(2)20-14(17-18-19-20)23-9-13(22)16-12-7-8-15-21(12)11-5-3-4-6-11/h7-8,10-11H,3-6,9H2,1-2H3,(H,16,22). The minimum Gasteiger partial charge on any atom is -0.310 e. The fourth-order valence-corrected chi connectivity index (χ4v) is 3.57. The molecule has 0 saturated heterocycles. The van der Waals surface area contributed by atoms with E-state index in [1.54, 1.807) is 10.9 Å². The number of carbonyl (C=O) groups excluding carboxylic acids is 1. The smallest absolute Gasteiger partial charge is 0.235 e. The van der Waals surface area contributed by atoms with Crippen LogP contribution in [-0.4, -0.2) is 41.6 Å². The minimum atomic E-state index is -0.0759. The largest absolute Gasteiger partial charge is 0.310 e. The lowest BCUT2D eigenvalue weighted by Gasteiger charge is -2.14. The van der Waals surface area contributed by atoms with E-state index in [0.29, 0.717) is 11.2 Å². The Labute approximate surface area is 139 Å². The number of nitrogens with one attached hydrogen (secondary N) is 1. The molecule has 124 valence electrons. The van der Waals surface area contributed by atoms with Crippen molar-refractivity contribution in [3.63, 3.8) is 0 Å². The maximum absolute atomic E-state index is 12.2. The Hall–Kier alpha value is -1.90. The lowest BCUT2D eigenvalue weighted by atomic mass is 10.2. The van der Waals surface area contributed by atoms with E-state index in [4.69, 9.17) is 0 Å². The third-order valence-electron chi connectivity index (χ3n) is 3.89.